The fraction of sp³-hybridized carbons (Fsp3) is 0.273. The molecule has 0 bridgehead atoms. The minimum atomic E-state index is -0.487. The van der Waals surface area contributed by atoms with Crippen LogP contribution in [0.4, 0.5) is 0 Å². The maximum atomic E-state index is 12.4. The van der Waals surface area contributed by atoms with E-state index in [-0.39, 0.29) is 13.0 Å². The van der Waals surface area contributed by atoms with E-state index in [1.807, 2.05) is 19.1 Å². The lowest BCUT2D eigenvalue weighted by atomic mass is 10.1. The molecule has 0 atom stereocenters. The van der Waals surface area contributed by atoms with E-state index in [2.05, 4.69) is 0 Å². The van der Waals surface area contributed by atoms with Crippen LogP contribution in [0.25, 0.3) is 11.0 Å². The van der Waals surface area contributed by atoms with Crippen molar-refractivity contribution < 1.29 is 28.2 Å². The van der Waals surface area contributed by atoms with Crippen molar-refractivity contribution in [3.63, 3.8) is 0 Å². The molecule has 7 nitrogen and oxygen atoms in total. The predicted molar refractivity (Wildman–Crippen MR) is 107 cm³/mol. The van der Waals surface area contributed by atoms with E-state index in [4.69, 9.17) is 23.4 Å². The lowest BCUT2D eigenvalue weighted by Crippen LogP contribution is -2.10. The van der Waals surface area contributed by atoms with Crippen LogP contribution in [0.15, 0.2) is 45.6 Å². The van der Waals surface area contributed by atoms with Crippen LogP contribution in [0.1, 0.15) is 16.7 Å². The van der Waals surface area contributed by atoms with Gasteiger partial charge in [-0.1, -0.05) is 12.1 Å². The van der Waals surface area contributed by atoms with Gasteiger partial charge in [0.1, 0.15) is 12.2 Å². The van der Waals surface area contributed by atoms with E-state index >= 15 is 0 Å². The summed E-state index contributed by atoms with van der Waals surface area (Å²) in [7, 11) is 4.52. The Kier molecular flexibility index (Phi) is 6.07. The largest absolute Gasteiger partial charge is 0.493 e. The van der Waals surface area contributed by atoms with Gasteiger partial charge in [0.05, 0.1) is 27.8 Å². The van der Waals surface area contributed by atoms with Crippen LogP contribution in [0.5, 0.6) is 17.2 Å². The van der Waals surface area contributed by atoms with Gasteiger partial charge in [-0.05, 0) is 36.2 Å². The molecule has 0 spiro atoms. The number of aryl methyl sites for hydroxylation is 1. The van der Waals surface area contributed by atoms with Crippen molar-refractivity contribution in [2.75, 3.05) is 21.3 Å². The molecule has 0 radical (unpaired) electrons. The highest BCUT2D eigenvalue weighted by atomic mass is 16.5. The summed E-state index contributed by atoms with van der Waals surface area (Å²) < 4.78 is 26.5. The zero-order valence-corrected chi connectivity index (χ0v) is 16.7. The molecule has 0 aliphatic rings. The fourth-order valence-corrected chi connectivity index (χ4v) is 3.07. The predicted octanol–water partition coefficient (Wildman–Crippen LogP) is 3.41. The van der Waals surface area contributed by atoms with Gasteiger partial charge in [-0.2, -0.15) is 0 Å². The van der Waals surface area contributed by atoms with Crippen LogP contribution < -0.4 is 19.8 Å². The number of hydrogen-bond acceptors (Lipinski definition) is 7. The van der Waals surface area contributed by atoms with Crippen LogP contribution in [-0.2, 0) is 22.6 Å². The quantitative estimate of drug-likeness (QED) is 0.445. The average molecular weight is 398 g/mol. The van der Waals surface area contributed by atoms with Gasteiger partial charge in [-0.15, -0.1) is 0 Å². The maximum Gasteiger partial charge on any atom is 0.336 e. The molecule has 7 heteroatoms. The third-order valence-electron chi connectivity index (χ3n) is 4.45. The molecule has 0 amide bonds. The van der Waals surface area contributed by atoms with Crippen molar-refractivity contribution in [1.29, 1.82) is 0 Å². The maximum absolute atomic E-state index is 12.4. The fourth-order valence-electron chi connectivity index (χ4n) is 3.07. The molecule has 2 aromatic carbocycles. The van der Waals surface area contributed by atoms with E-state index in [0.717, 1.165) is 10.9 Å². The van der Waals surface area contributed by atoms with Gasteiger partial charge in [-0.25, -0.2) is 4.79 Å². The van der Waals surface area contributed by atoms with Crippen molar-refractivity contribution in [3.05, 3.63) is 63.5 Å². The third kappa shape index (κ3) is 4.51. The summed E-state index contributed by atoms with van der Waals surface area (Å²) in [5, 5.41) is 0.732. The van der Waals surface area contributed by atoms with Crippen molar-refractivity contribution in [2.45, 2.75) is 20.0 Å². The number of hydrogen-bond donors (Lipinski definition) is 0. The third-order valence-corrected chi connectivity index (χ3v) is 4.45. The highest BCUT2D eigenvalue weighted by Crippen LogP contribution is 2.38. The smallest absolute Gasteiger partial charge is 0.336 e. The van der Waals surface area contributed by atoms with Crippen LogP contribution in [-0.4, -0.2) is 27.3 Å². The van der Waals surface area contributed by atoms with Gasteiger partial charge in [0.2, 0.25) is 5.75 Å². The number of carbonyl (C=O) groups excluding carboxylic acids is 1. The Morgan fingerprint density at radius 1 is 0.966 bits per heavy atom. The second-order valence-electron chi connectivity index (χ2n) is 6.46. The van der Waals surface area contributed by atoms with Crippen molar-refractivity contribution in [2.24, 2.45) is 0 Å². The van der Waals surface area contributed by atoms with Gasteiger partial charge in [0, 0.05) is 17.0 Å². The van der Waals surface area contributed by atoms with Crippen LogP contribution in [0.3, 0.4) is 0 Å². The molecule has 0 aliphatic heterocycles. The molecular formula is C22H22O7. The monoisotopic (exact) mass is 398 g/mol. The highest BCUT2D eigenvalue weighted by molar-refractivity contribution is 5.81. The summed E-state index contributed by atoms with van der Waals surface area (Å²) in [5.74, 6) is 0.908. The number of esters is 1. The summed E-state index contributed by atoms with van der Waals surface area (Å²) in [6, 6.07) is 10.2. The van der Waals surface area contributed by atoms with Crippen molar-refractivity contribution in [1.82, 2.24) is 0 Å². The average Bonchev–Trinajstić information content (AvgIpc) is 2.70. The molecule has 0 saturated carbocycles. The minimum Gasteiger partial charge on any atom is -0.493 e. The number of benzene rings is 2. The highest BCUT2D eigenvalue weighted by Gasteiger charge is 2.16. The number of fused-ring (bicyclic) bond motifs is 1. The van der Waals surface area contributed by atoms with Gasteiger partial charge < -0.3 is 23.4 Å². The van der Waals surface area contributed by atoms with Crippen molar-refractivity contribution >= 4 is 16.9 Å². The summed E-state index contributed by atoms with van der Waals surface area (Å²) >= 11 is 0. The Morgan fingerprint density at radius 3 is 2.28 bits per heavy atom. The first-order valence-electron chi connectivity index (χ1n) is 8.93. The van der Waals surface area contributed by atoms with Gasteiger partial charge in [0.25, 0.3) is 0 Å². The van der Waals surface area contributed by atoms with E-state index in [9.17, 15) is 9.59 Å². The Morgan fingerprint density at radius 2 is 1.66 bits per heavy atom. The first kappa shape index (κ1) is 20.3. The Labute approximate surface area is 167 Å². The molecule has 0 unspecified atom stereocenters. The number of carbonyl (C=O) groups is 1. The second-order valence-corrected chi connectivity index (χ2v) is 6.46. The summed E-state index contributed by atoms with van der Waals surface area (Å²) in [6.07, 6.45) is 0.00912. The zero-order valence-electron chi connectivity index (χ0n) is 16.7. The van der Waals surface area contributed by atoms with Crippen LogP contribution >= 0.6 is 0 Å². The molecular weight excluding hydrogens is 376 g/mol. The number of rotatable bonds is 7. The number of methoxy groups -OCH3 is 3. The lowest BCUT2D eigenvalue weighted by molar-refractivity contribution is -0.144. The topological polar surface area (TPSA) is 84.2 Å². The molecule has 29 heavy (non-hydrogen) atoms. The molecule has 3 rings (SSSR count). The van der Waals surface area contributed by atoms with Gasteiger partial charge in [0.15, 0.2) is 11.5 Å². The molecule has 0 fully saturated rings. The molecule has 0 saturated heterocycles. The number of ether oxygens (including phenoxy) is 4. The van der Waals surface area contributed by atoms with E-state index < -0.39 is 11.6 Å². The van der Waals surface area contributed by atoms with Crippen LogP contribution in [0, 0.1) is 6.92 Å². The Hall–Kier alpha value is -3.48. The SMILES string of the molecule is COc1cc(CC(=O)OCc2cc(=O)oc3cc(C)ccc23)cc(OC)c1OC. The molecule has 3 aromatic rings. The van der Waals surface area contributed by atoms with Gasteiger partial charge in [-0.3, -0.25) is 4.79 Å². The lowest BCUT2D eigenvalue weighted by Gasteiger charge is -2.14. The molecule has 1 aromatic heterocycles. The zero-order chi connectivity index (χ0) is 21.0. The molecule has 0 aliphatic carbocycles. The normalized spacial score (nSPS) is 10.6. The Balaban J connectivity index is 1.77. The van der Waals surface area contributed by atoms with Crippen LogP contribution in [0.2, 0.25) is 0 Å². The summed E-state index contributed by atoms with van der Waals surface area (Å²) in [4.78, 5) is 24.2. The second kappa shape index (κ2) is 8.68. The van der Waals surface area contributed by atoms with E-state index in [0.29, 0.717) is 34.0 Å². The first-order valence-corrected chi connectivity index (χ1v) is 8.93. The molecule has 152 valence electrons. The van der Waals surface area contributed by atoms with E-state index in [1.54, 1.807) is 18.2 Å². The molecule has 1 heterocycles. The van der Waals surface area contributed by atoms with E-state index in [1.165, 1.54) is 27.4 Å². The molecule has 0 N–H and O–H groups in total. The standard InChI is InChI=1S/C22H22O7/c1-13-5-6-16-15(11-21(24)29-17(16)7-13)12-28-20(23)10-14-8-18(25-2)22(27-4)19(9-14)26-3/h5-9,11H,10,12H2,1-4H3. The van der Waals surface area contributed by atoms with Gasteiger partial charge >= 0.3 is 11.6 Å². The summed E-state index contributed by atoms with van der Waals surface area (Å²) in [5.41, 5.74) is 2.19. The van der Waals surface area contributed by atoms with Crippen molar-refractivity contribution in [3.8, 4) is 17.2 Å². The summed E-state index contributed by atoms with van der Waals surface area (Å²) in [6.45, 7) is 1.87. The Bertz CT molecular complexity index is 1070. The minimum absolute atomic E-state index is 0.00912. The first-order chi connectivity index (χ1) is 13.9.